The number of ether oxygens (including phenoxy) is 1. The summed E-state index contributed by atoms with van der Waals surface area (Å²) < 4.78 is 37.5. The van der Waals surface area contributed by atoms with Crippen LogP contribution in [0.5, 0.6) is 0 Å². The summed E-state index contributed by atoms with van der Waals surface area (Å²) in [6.07, 6.45) is 28.0. The lowest BCUT2D eigenvalue weighted by molar-refractivity contribution is -0.140. The van der Waals surface area contributed by atoms with Gasteiger partial charge in [0, 0.05) is 0 Å². The third-order valence-electron chi connectivity index (χ3n) is 5.35. The van der Waals surface area contributed by atoms with Crippen LogP contribution in [0.2, 0.25) is 0 Å². The number of rotatable bonds is 23. The molecule has 0 atom stereocenters. The van der Waals surface area contributed by atoms with E-state index in [-0.39, 0.29) is 0 Å². The Morgan fingerprint density at radius 1 is 0.710 bits per heavy atom. The number of unbranched alkanes of at least 4 members (excludes halogenated alkanes) is 18. The lowest BCUT2D eigenvalue weighted by Crippen LogP contribution is -2.14. The summed E-state index contributed by atoms with van der Waals surface area (Å²) in [6.45, 7) is 1.44. The molecule has 0 aromatic heterocycles. The summed E-state index contributed by atoms with van der Waals surface area (Å²) in [5, 5.41) is 0. The minimum absolute atomic E-state index is 0.811. The Balaban J connectivity index is 3.20. The monoisotopic (exact) mass is 462 g/mol. The predicted molar refractivity (Wildman–Crippen MR) is 126 cm³/mol. The standard InChI is InChI=1S/C24H46O6S/c1-2-3-4-5-6-7-8-9-10-11-12-13-14-15-16-17-18-19-20-21-22-29-24(25)23-30-31(26,27)28/h21-22H,2-20,23H2,1H3,(H,26,27,28). The van der Waals surface area contributed by atoms with Gasteiger partial charge in [0.25, 0.3) is 0 Å². The Hall–Kier alpha value is -0.920. The summed E-state index contributed by atoms with van der Waals surface area (Å²) in [5.41, 5.74) is 0. The van der Waals surface area contributed by atoms with E-state index in [9.17, 15) is 13.2 Å². The second-order valence-electron chi connectivity index (χ2n) is 8.35. The molecule has 0 aromatic rings. The first kappa shape index (κ1) is 30.1. The molecule has 7 heteroatoms. The van der Waals surface area contributed by atoms with E-state index in [1.165, 1.54) is 109 Å². The average Bonchev–Trinajstić information content (AvgIpc) is 2.73. The van der Waals surface area contributed by atoms with E-state index in [1.807, 2.05) is 0 Å². The van der Waals surface area contributed by atoms with Crippen molar-refractivity contribution < 1.29 is 26.7 Å². The Kier molecular flexibility index (Phi) is 21.6. The highest BCUT2D eigenvalue weighted by Gasteiger charge is 2.09. The van der Waals surface area contributed by atoms with Crippen molar-refractivity contribution in [2.75, 3.05) is 6.61 Å². The molecule has 0 radical (unpaired) electrons. The maximum atomic E-state index is 11.1. The fourth-order valence-electron chi connectivity index (χ4n) is 3.51. The number of carbonyl (C=O) groups is 1. The topological polar surface area (TPSA) is 89.9 Å². The van der Waals surface area contributed by atoms with Crippen molar-refractivity contribution in [3.63, 3.8) is 0 Å². The Morgan fingerprint density at radius 3 is 1.48 bits per heavy atom. The largest absolute Gasteiger partial charge is 0.433 e. The van der Waals surface area contributed by atoms with Gasteiger partial charge in [-0.25, -0.2) is 8.98 Å². The first-order chi connectivity index (χ1) is 15.0. The molecule has 0 fully saturated rings. The van der Waals surface area contributed by atoms with Crippen LogP contribution >= 0.6 is 0 Å². The van der Waals surface area contributed by atoms with Crippen molar-refractivity contribution >= 4 is 16.4 Å². The molecule has 6 nitrogen and oxygen atoms in total. The molecule has 0 aromatic carbocycles. The van der Waals surface area contributed by atoms with Crippen molar-refractivity contribution in [1.29, 1.82) is 0 Å². The number of hydrogen-bond donors (Lipinski definition) is 1. The van der Waals surface area contributed by atoms with Crippen molar-refractivity contribution in [2.24, 2.45) is 0 Å². The highest BCUT2D eigenvalue weighted by molar-refractivity contribution is 7.80. The van der Waals surface area contributed by atoms with Crippen LogP contribution in [-0.4, -0.2) is 25.5 Å². The van der Waals surface area contributed by atoms with E-state index < -0.39 is 23.0 Å². The first-order valence-corrected chi connectivity index (χ1v) is 13.8. The highest BCUT2D eigenvalue weighted by atomic mass is 32.3. The summed E-state index contributed by atoms with van der Waals surface area (Å²) in [6, 6.07) is 0. The van der Waals surface area contributed by atoms with Crippen molar-refractivity contribution in [3.05, 3.63) is 12.3 Å². The highest BCUT2D eigenvalue weighted by Crippen LogP contribution is 2.14. The number of hydrogen-bond acceptors (Lipinski definition) is 5. The van der Waals surface area contributed by atoms with Gasteiger partial charge in [-0.05, 0) is 18.9 Å². The molecule has 1 N–H and O–H groups in total. The molecule has 0 saturated carbocycles. The van der Waals surface area contributed by atoms with Crippen LogP contribution in [0.3, 0.4) is 0 Å². The van der Waals surface area contributed by atoms with Gasteiger partial charge in [0.2, 0.25) is 0 Å². The van der Waals surface area contributed by atoms with Gasteiger partial charge in [-0.3, -0.25) is 4.55 Å². The minimum Gasteiger partial charge on any atom is -0.433 e. The molecular formula is C24H46O6S. The third-order valence-corrected chi connectivity index (χ3v) is 5.76. The van der Waals surface area contributed by atoms with E-state index in [1.54, 1.807) is 6.08 Å². The van der Waals surface area contributed by atoms with E-state index in [0.717, 1.165) is 19.3 Å². The fraction of sp³-hybridized carbons (Fsp3) is 0.875. The Bertz CT molecular complexity index is 530. The van der Waals surface area contributed by atoms with Crippen LogP contribution in [0, 0.1) is 0 Å². The SMILES string of the molecule is CCCCCCCCCCCCCCCCCCCCC=COC(=O)COS(=O)(=O)O. The molecule has 0 saturated heterocycles. The molecule has 184 valence electrons. The molecule has 0 bridgehead atoms. The lowest BCUT2D eigenvalue weighted by atomic mass is 10.0. The Labute approximate surface area is 191 Å². The van der Waals surface area contributed by atoms with Gasteiger partial charge in [0.15, 0.2) is 6.61 Å². The van der Waals surface area contributed by atoms with Gasteiger partial charge in [-0.2, -0.15) is 8.42 Å². The average molecular weight is 463 g/mol. The van der Waals surface area contributed by atoms with Gasteiger partial charge < -0.3 is 4.74 Å². The second kappa shape index (κ2) is 22.3. The molecular weight excluding hydrogens is 416 g/mol. The Morgan fingerprint density at radius 2 is 1.10 bits per heavy atom. The van der Waals surface area contributed by atoms with Crippen LogP contribution in [0.4, 0.5) is 0 Å². The molecule has 0 heterocycles. The normalized spacial score (nSPS) is 11.9. The third kappa shape index (κ3) is 27.0. The van der Waals surface area contributed by atoms with Crippen molar-refractivity contribution in [3.8, 4) is 0 Å². The maximum absolute atomic E-state index is 11.1. The molecule has 0 rings (SSSR count). The minimum atomic E-state index is -4.61. The van der Waals surface area contributed by atoms with Crippen LogP contribution in [0.15, 0.2) is 12.3 Å². The summed E-state index contributed by atoms with van der Waals surface area (Å²) in [4.78, 5) is 11.1. The van der Waals surface area contributed by atoms with E-state index in [0.29, 0.717) is 0 Å². The van der Waals surface area contributed by atoms with Crippen LogP contribution in [0.25, 0.3) is 0 Å². The van der Waals surface area contributed by atoms with Gasteiger partial charge in [-0.1, -0.05) is 116 Å². The zero-order valence-corrected chi connectivity index (χ0v) is 20.5. The van der Waals surface area contributed by atoms with Crippen LogP contribution < -0.4 is 0 Å². The predicted octanol–water partition coefficient (Wildman–Crippen LogP) is 7.29. The van der Waals surface area contributed by atoms with Gasteiger partial charge in [0.05, 0.1) is 6.26 Å². The van der Waals surface area contributed by atoms with Crippen LogP contribution in [0.1, 0.15) is 129 Å². The number of allylic oxidation sites excluding steroid dienone is 1. The first-order valence-electron chi connectivity index (χ1n) is 12.4. The second-order valence-corrected chi connectivity index (χ2v) is 9.44. The summed E-state index contributed by atoms with van der Waals surface area (Å²) >= 11 is 0. The smallest absolute Gasteiger partial charge is 0.397 e. The quantitative estimate of drug-likeness (QED) is 0.0741. The molecule has 31 heavy (non-hydrogen) atoms. The van der Waals surface area contributed by atoms with Gasteiger partial charge in [-0.15, -0.1) is 0 Å². The van der Waals surface area contributed by atoms with Crippen LogP contribution in [-0.2, 0) is 24.1 Å². The molecule has 0 aliphatic carbocycles. The zero-order chi connectivity index (χ0) is 23.0. The zero-order valence-electron chi connectivity index (χ0n) is 19.7. The summed E-state index contributed by atoms with van der Waals surface area (Å²) in [7, 11) is -4.61. The van der Waals surface area contributed by atoms with E-state index in [2.05, 4.69) is 15.8 Å². The molecule has 0 amide bonds. The van der Waals surface area contributed by atoms with Crippen molar-refractivity contribution in [1.82, 2.24) is 0 Å². The van der Waals surface area contributed by atoms with Gasteiger partial charge in [0.1, 0.15) is 0 Å². The van der Waals surface area contributed by atoms with Gasteiger partial charge >= 0.3 is 16.4 Å². The fourth-order valence-corrected chi connectivity index (χ4v) is 3.76. The lowest BCUT2D eigenvalue weighted by Gasteiger charge is -2.03. The maximum Gasteiger partial charge on any atom is 0.397 e. The van der Waals surface area contributed by atoms with Crippen molar-refractivity contribution in [2.45, 2.75) is 129 Å². The summed E-state index contributed by atoms with van der Waals surface area (Å²) in [5.74, 6) is -0.869. The molecule has 0 unspecified atom stereocenters. The molecule has 0 aliphatic heterocycles. The van der Waals surface area contributed by atoms with E-state index in [4.69, 9.17) is 4.55 Å². The molecule has 0 spiro atoms. The number of esters is 1. The number of carbonyl (C=O) groups excluding carboxylic acids is 1. The van der Waals surface area contributed by atoms with E-state index >= 15 is 0 Å². The molecule has 0 aliphatic rings.